The summed E-state index contributed by atoms with van der Waals surface area (Å²) in [4.78, 5) is 7.06. The summed E-state index contributed by atoms with van der Waals surface area (Å²) in [6, 6.07) is 12.8. The van der Waals surface area contributed by atoms with Crippen molar-refractivity contribution in [3.05, 3.63) is 42.1 Å². The predicted molar refractivity (Wildman–Crippen MR) is 84.1 cm³/mol. The standard InChI is InChI=1S/C14H17N3.2ClH/c15-12-7-8-17(9-12)10-13-6-5-11-3-1-2-4-14(11)16-13;;/h1-6,12H,7-10,15H2;2*1H/t12-;;/m1../s1. The fraction of sp³-hybridized carbons (Fsp3) is 0.357. The molecule has 5 heteroatoms. The monoisotopic (exact) mass is 299 g/mol. The maximum atomic E-state index is 5.91. The highest BCUT2D eigenvalue weighted by atomic mass is 35.5. The number of halogens is 2. The Bertz CT molecular complexity index is 533. The summed E-state index contributed by atoms with van der Waals surface area (Å²) in [6.07, 6.45) is 1.10. The zero-order chi connectivity index (χ0) is 11.7. The van der Waals surface area contributed by atoms with E-state index in [1.807, 2.05) is 12.1 Å². The van der Waals surface area contributed by atoms with Gasteiger partial charge in [-0.1, -0.05) is 24.3 Å². The molecule has 0 spiro atoms. The minimum atomic E-state index is 0. The quantitative estimate of drug-likeness (QED) is 0.927. The van der Waals surface area contributed by atoms with Gasteiger partial charge in [0.2, 0.25) is 0 Å². The molecule has 0 unspecified atom stereocenters. The summed E-state index contributed by atoms with van der Waals surface area (Å²) in [5, 5.41) is 1.20. The first-order valence-electron chi connectivity index (χ1n) is 6.14. The van der Waals surface area contributed by atoms with E-state index in [4.69, 9.17) is 5.73 Å². The molecule has 0 amide bonds. The molecule has 0 bridgehead atoms. The number of para-hydroxylation sites is 1. The van der Waals surface area contributed by atoms with E-state index in [9.17, 15) is 0 Å². The third kappa shape index (κ3) is 3.80. The molecular formula is C14H19Cl2N3. The molecule has 1 atom stereocenters. The topological polar surface area (TPSA) is 42.1 Å². The number of hydrogen-bond donors (Lipinski definition) is 1. The zero-order valence-corrected chi connectivity index (χ0v) is 12.3. The lowest BCUT2D eigenvalue weighted by Gasteiger charge is -2.14. The normalized spacial score (nSPS) is 18.9. The highest BCUT2D eigenvalue weighted by Gasteiger charge is 2.19. The van der Waals surface area contributed by atoms with Gasteiger partial charge in [0, 0.05) is 31.1 Å². The molecule has 3 nitrogen and oxygen atoms in total. The number of likely N-dealkylation sites (tertiary alicyclic amines) is 1. The fourth-order valence-corrected chi connectivity index (χ4v) is 2.43. The van der Waals surface area contributed by atoms with E-state index in [2.05, 4.69) is 34.1 Å². The van der Waals surface area contributed by atoms with Crippen molar-refractivity contribution >= 4 is 35.7 Å². The van der Waals surface area contributed by atoms with Gasteiger partial charge < -0.3 is 5.73 Å². The van der Waals surface area contributed by atoms with Crippen molar-refractivity contribution in [1.82, 2.24) is 9.88 Å². The molecule has 0 radical (unpaired) electrons. The van der Waals surface area contributed by atoms with Crippen LogP contribution in [0.15, 0.2) is 36.4 Å². The number of pyridine rings is 1. The molecule has 1 aromatic heterocycles. The second-order valence-electron chi connectivity index (χ2n) is 4.78. The highest BCUT2D eigenvalue weighted by Crippen LogP contribution is 2.15. The van der Waals surface area contributed by atoms with Crippen molar-refractivity contribution in [2.45, 2.75) is 19.0 Å². The van der Waals surface area contributed by atoms with Crippen LogP contribution < -0.4 is 5.73 Å². The molecule has 1 aliphatic heterocycles. The molecule has 1 fully saturated rings. The van der Waals surface area contributed by atoms with Crippen molar-refractivity contribution in [3.8, 4) is 0 Å². The summed E-state index contributed by atoms with van der Waals surface area (Å²) in [7, 11) is 0. The first-order valence-corrected chi connectivity index (χ1v) is 6.14. The zero-order valence-electron chi connectivity index (χ0n) is 10.7. The van der Waals surface area contributed by atoms with Crippen LogP contribution in [0.2, 0.25) is 0 Å². The Morgan fingerprint density at radius 3 is 2.68 bits per heavy atom. The van der Waals surface area contributed by atoms with Crippen LogP contribution in [-0.4, -0.2) is 29.0 Å². The van der Waals surface area contributed by atoms with Gasteiger partial charge in [-0.15, -0.1) is 24.8 Å². The van der Waals surface area contributed by atoms with E-state index < -0.39 is 0 Å². The van der Waals surface area contributed by atoms with Gasteiger partial charge in [0.1, 0.15) is 0 Å². The number of benzene rings is 1. The predicted octanol–water partition coefficient (Wildman–Crippen LogP) is 2.61. The Balaban J connectivity index is 0.000000902. The van der Waals surface area contributed by atoms with Crippen LogP contribution in [0.1, 0.15) is 12.1 Å². The Morgan fingerprint density at radius 1 is 1.16 bits per heavy atom. The molecule has 3 rings (SSSR count). The van der Waals surface area contributed by atoms with Gasteiger partial charge in [-0.2, -0.15) is 0 Å². The Morgan fingerprint density at radius 2 is 1.95 bits per heavy atom. The van der Waals surface area contributed by atoms with Crippen LogP contribution >= 0.6 is 24.8 Å². The van der Waals surface area contributed by atoms with E-state index in [1.54, 1.807) is 0 Å². The Labute approximate surface area is 126 Å². The lowest BCUT2D eigenvalue weighted by atomic mass is 10.2. The smallest absolute Gasteiger partial charge is 0.0705 e. The van der Waals surface area contributed by atoms with Crippen molar-refractivity contribution in [2.24, 2.45) is 5.73 Å². The van der Waals surface area contributed by atoms with E-state index in [0.717, 1.165) is 37.3 Å². The van der Waals surface area contributed by atoms with Crippen LogP contribution in [0.3, 0.4) is 0 Å². The van der Waals surface area contributed by atoms with Gasteiger partial charge in [0.05, 0.1) is 11.2 Å². The van der Waals surface area contributed by atoms with Gasteiger partial charge in [0.15, 0.2) is 0 Å². The summed E-state index contributed by atoms with van der Waals surface area (Å²) >= 11 is 0. The molecule has 2 N–H and O–H groups in total. The first-order chi connectivity index (χ1) is 8.31. The molecule has 1 aliphatic rings. The SMILES string of the molecule is Cl.Cl.N[C@@H]1CCN(Cc2ccc3ccccc3n2)C1. The maximum Gasteiger partial charge on any atom is 0.0705 e. The van der Waals surface area contributed by atoms with E-state index >= 15 is 0 Å². The number of fused-ring (bicyclic) bond motifs is 1. The summed E-state index contributed by atoms with van der Waals surface area (Å²) in [5.74, 6) is 0. The second-order valence-corrected chi connectivity index (χ2v) is 4.78. The lowest BCUT2D eigenvalue weighted by molar-refractivity contribution is 0.323. The number of hydrogen-bond acceptors (Lipinski definition) is 3. The third-order valence-corrected chi connectivity index (χ3v) is 3.35. The first kappa shape index (κ1) is 16.2. The molecule has 104 valence electrons. The van der Waals surface area contributed by atoms with Gasteiger partial charge in [-0.25, -0.2) is 0 Å². The molecule has 19 heavy (non-hydrogen) atoms. The lowest BCUT2D eigenvalue weighted by Crippen LogP contribution is -2.26. The average Bonchev–Trinajstić information content (AvgIpc) is 2.75. The minimum absolute atomic E-state index is 0. The van der Waals surface area contributed by atoms with Crippen molar-refractivity contribution in [2.75, 3.05) is 13.1 Å². The van der Waals surface area contributed by atoms with E-state index in [0.29, 0.717) is 6.04 Å². The minimum Gasteiger partial charge on any atom is -0.326 e. The largest absolute Gasteiger partial charge is 0.326 e. The van der Waals surface area contributed by atoms with Gasteiger partial charge in [0.25, 0.3) is 0 Å². The van der Waals surface area contributed by atoms with Crippen molar-refractivity contribution in [3.63, 3.8) is 0 Å². The number of nitrogens with two attached hydrogens (primary N) is 1. The number of nitrogens with zero attached hydrogens (tertiary/aromatic N) is 2. The van der Waals surface area contributed by atoms with E-state index in [-0.39, 0.29) is 24.8 Å². The van der Waals surface area contributed by atoms with Crippen LogP contribution in [0.4, 0.5) is 0 Å². The van der Waals surface area contributed by atoms with Crippen LogP contribution in [0.25, 0.3) is 10.9 Å². The number of aromatic nitrogens is 1. The second kappa shape index (κ2) is 7.06. The molecule has 0 aliphatic carbocycles. The maximum absolute atomic E-state index is 5.91. The van der Waals surface area contributed by atoms with Crippen LogP contribution in [0.5, 0.6) is 0 Å². The molecule has 0 saturated carbocycles. The molecule has 2 heterocycles. The van der Waals surface area contributed by atoms with E-state index in [1.165, 1.54) is 5.39 Å². The van der Waals surface area contributed by atoms with Gasteiger partial charge >= 0.3 is 0 Å². The van der Waals surface area contributed by atoms with Gasteiger partial charge in [-0.3, -0.25) is 9.88 Å². The summed E-state index contributed by atoms with van der Waals surface area (Å²) < 4.78 is 0. The fourth-order valence-electron chi connectivity index (χ4n) is 2.43. The average molecular weight is 300 g/mol. The molecule has 1 aromatic carbocycles. The molecule has 2 aromatic rings. The van der Waals surface area contributed by atoms with Crippen molar-refractivity contribution in [1.29, 1.82) is 0 Å². The third-order valence-electron chi connectivity index (χ3n) is 3.35. The molecular weight excluding hydrogens is 281 g/mol. The van der Waals surface area contributed by atoms with Crippen LogP contribution in [0, 0.1) is 0 Å². The molecule has 1 saturated heterocycles. The Kier molecular flexibility index (Phi) is 6.01. The van der Waals surface area contributed by atoms with Crippen molar-refractivity contribution < 1.29 is 0 Å². The Hall–Kier alpha value is -0.870. The van der Waals surface area contributed by atoms with Crippen LogP contribution in [-0.2, 0) is 6.54 Å². The summed E-state index contributed by atoms with van der Waals surface area (Å²) in [5.41, 5.74) is 8.12. The summed E-state index contributed by atoms with van der Waals surface area (Å²) in [6.45, 7) is 3.00. The van der Waals surface area contributed by atoms with Gasteiger partial charge in [-0.05, 0) is 18.6 Å². The highest BCUT2D eigenvalue weighted by molar-refractivity contribution is 5.85. The number of rotatable bonds is 2.